The highest BCUT2D eigenvalue weighted by atomic mass is 28.2. The molecule has 0 heterocycles. The van der Waals surface area contributed by atoms with Crippen LogP contribution in [0.5, 0.6) is 0 Å². The molecule has 0 saturated carbocycles. The van der Waals surface area contributed by atoms with Gasteiger partial charge in [0.05, 0.1) is 0 Å². The van der Waals surface area contributed by atoms with Crippen LogP contribution in [0, 0.1) is 0 Å². The average Bonchev–Trinajstić information content (AvgIpc) is 1.82. The third-order valence-electron chi connectivity index (χ3n) is 0.405. The Balaban J connectivity index is 0. The maximum atomic E-state index is 4.80. The fraction of sp³-hybridized carbons (Fsp3) is 1.00. The first kappa shape index (κ1) is 12.7. The zero-order valence-corrected chi connectivity index (χ0v) is 9.68. The molecule has 0 aromatic rings. The molecule has 0 radical (unpaired) electrons. The summed E-state index contributed by atoms with van der Waals surface area (Å²) >= 11 is 0. The van der Waals surface area contributed by atoms with Crippen LogP contribution in [0.1, 0.15) is 6.92 Å². The highest BCUT2D eigenvalue weighted by Gasteiger charge is 1.70. The van der Waals surface area contributed by atoms with E-state index in [0.29, 0.717) is 6.79 Å². The van der Waals surface area contributed by atoms with Gasteiger partial charge in [0.15, 0.2) is 0 Å². The first-order valence-electron chi connectivity index (χ1n) is 3.32. The number of ether oxygens (including phenoxy) is 1. The van der Waals surface area contributed by atoms with Gasteiger partial charge in [0.2, 0.25) is 0 Å². The fourth-order valence-corrected chi connectivity index (χ4v) is 0.333. The summed E-state index contributed by atoms with van der Waals surface area (Å²) in [5, 5.41) is 0. The Hall–Kier alpha value is 0.0969. The van der Waals surface area contributed by atoms with E-state index in [2.05, 4.69) is 0 Å². The first-order valence-corrected chi connectivity index (χ1v) is 4.14. The lowest BCUT2D eigenvalue weighted by atomic mass is 10.9. The number of hydrogen-bond donors (Lipinski definition) is 0. The summed E-state index contributed by atoms with van der Waals surface area (Å²) in [4.78, 5) is 2.00. The second kappa shape index (κ2) is 11.8. The van der Waals surface area contributed by atoms with Crippen LogP contribution in [0.25, 0.3) is 0 Å². The van der Waals surface area contributed by atoms with Crippen LogP contribution in [0.15, 0.2) is 0 Å². The number of nitrogens with zero attached hydrogens (tertiary/aromatic N) is 1. The molecule has 0 amide bonds. The Morgan fingerprint density at radius 1 is 1.30 bits per heavy atom. The monoisotopic (exact) mass is 165 g/mol. The molecule has 0 aliphatic heterocycles. The molecule has 0 N–H and O–H groups in total. The van der Waals surface area contributed by atoms with E-state index in [4.69, 9.17) is 9.16 Å². The fourth-order valence-electron chi connectivity index (χ4n) is 0.167. The molecule has 0 saturated heterocycles. The van der Waals surface area contributed by atoms with E-state index in [1.54, 1.807) is 0 Å². The molecule has 0 aliphatic rings. The van der Waals surface area contributed by atoms with E-state index < -0.39 is 0 Å². The van der Waals surface area contributed by atoms with Crippen LogP contribution in [-0.4, -0.2) is 49.9 Å². The minimum absolute atomic E-state index is 0.475. The van der Waals surface area contributed by atoms with Gasteiger partial charge in [-0.15, -0.1) is 0 Å². The zero-order chi connectivity index (χ0) is 8.41. The van der Waals surface area contributed by atoms with Crippen molar-refractivity contribution in [1.82, 2.24) is 4.90 Å². The molecule has 0 rings (SSSR count). The molecule has 4 heteroatoms. The van der Waals surface area contributed by atoms with Gasteiger partial charge in [-0.25, -0.2) is 0 Å². The Morgan fingerprint density at radius 2 is 1.70 bits per heavy atom. The molecule has 0 unspecified atom stereocenters. The minimum atomic E-state index is 0.475. The van der Waals surface area contributed by atoms with Crippen molar-refractivity contribution in [3.63, 3.8) is 0 Å². The Morgan fingerprint density at radius 3 is 1.80 bits per heavy atom. The predicted octanol–water partition coefficient (Wildman–Crippen LogP) is -0.545. The minimum Gasteiger partial charge on any atom is -0.406 e. The van der Waals surface area contributed by atoms with Crippen molar-refractivity contribution in [1.29, 1.82) is 0 Å². The van der Waals surface area contributed by atoms with Gasteiger partial charge in [-0.1, -0.05) is 0 Å². The molecular weight excluding hydrogens is 146 g/mol. The number of rotatable bonds is 3. The highest BCUT2D eigenvalue weighted by molar-refractivity contribution is 5.97. The van der Waals surface area contributed by atoms with Gasteiger partial charge < -0.3 is 14.1 Å². The average molecular weight is 165 g/mol. The van der Waals surface area contributed by atoms with Crippen LogP contribution >= 0.6 is 0 Å². The smallest absolute Gasteiger partial charge is 0.149 e. The van der Waals surface area contributed by atoms with E-state index in [1.807, 2.05) is 33.0 Å². The lowest BCUT2D eigenvalue weighted by Crippen LogP contribution is -1.99. The second-order valence-corrected chi connectivity index (χ2v) is 2.82. The molecule has 10 heavy (non-hydrogen) atoms. The SMILES string of the molecule is CCOCO[SiH3].CN(C)C. The predicted molar refractivity (Wildman–Crippen MR) is 47.1 cm³/mol. The summed E-state index contributed by atoms with van der Waals surface area (Å²) in [6.45, 7) is 3.17. The van der Waals surface area contributed by atoms with Crippen LogP contribution < -0.4 is 0 Å². The van der Waals surface area contributed by atoms with E-state index in [9.17, 15) is 0 Å². The summed E-state index contributed by atoms with van der Waals surface area (Å²) in [6, 6.07) is 0. The molecule has 64 valence electrons. The largest absolute Gasteiger partial charge is 0.406 e. The van der Waals surface area contributed by atoms with Gasteiger partial charge in [0.25, 0.3) is 0 Å². The van der Waals surface area contributed by atoms with Gasteiger partial charge in [-0.3, -0.25) is 0 Å². The summed E-state index contributed by atoms with van der Waals surface area (Å²) in [7, 11) is 6.78. The van der Waals surface area contributed by atoms with Crippen molar-refractivity contribution in [3.8, 4) is 0 Å². The quantitative estimate of drug-likeness (QED) is 0.318. The highest BCUT2D eigenvalue weighted by Crippen LogP contribution is 1.68. The van der Waals surface area contributed by atoms with Crippen molar-refractivity contribution in [2.24, 2.45) is 0 Å². The van der Waals surface area contributed by atoms with Gasteiger partial charge in [0.1, 0.15) is 17.3 Å². The molecule has 0 aliphatic carbocycles. The normalized spacial score (nSPS) is 9.30. The molecule has 0 aromatic carbocycles. The Labute approximate surface area is 66.9 Å². The van der Waals surface area contributed by atoms with Crippen LogP contribution in [0.3, 0.4) is 0 Å². The maximum absolute atomic E-state index is 4.80. The topological polar surface area (TPSA) is 21.7 Å². The lowest BCUT2D eigenvalue weighted by molar-refractivity contribution is 0.0278. The van der Waals surface area contributed by atoms with Gasteiger partial charge in [0, 0.05) is 6.61 Å². The van der Waals surface area contributed by atoms with Gasteiger partial charge in [-0.05, 0) is 28.1 Å². The van der Waals surface area contributed by atoms with E-state index in [1.165, 1.54) is 0 Å². The Kier molecular flexibility index (Phi) is 15.1. The third-order valence-corrected chi connectivity index (χ3v) is 0.641. The second-order valence-electron chi connectivity index (χ2n) is 2.24. The summed E-state index contributed by atoms with van der Waals surface area (Å²) in [5.41, 5.74) is 0. The van der Waals surface area contributed by atoms with E-state index >= 15 is 0 Å². The van der Waals surface area contributed by atoms with Gasteiger partial charge >= 0.3 is 0 Å². The van der Waals surface area contributed by atoms with Crippen molar-refractivity contribution in [2.45, 2.75) is 6.92 Å². The standard InChI is InChI=1S/C3H9N.C3H10O2Si/c1-4(2)3;1-2-4-3-5-6/h1-3H3;2-3H2,1,6H3. The third kappa shape index (κ3) is 42.5. The maximum Gasteiger partial charge on any atom is 0.149 e. The van der Waals surface area contributed by atoms with Crippen molar-refractivity contribution >= 4 is 10.5 Å². The number of hydrogen-bond acceptors (Lipinski definition) is 3. The first-order chi connectivity index (χ1) is 4.65. The molecule has 3 nitrogen and oxygen atoms in total. The van der Waals surface area contributed by atoms with Crippen molar-refractivity contribution in [2.75, 3.05) is 34.5 Å². The molecular formula is C6H19NO2Si. The van der Waals surface area contributed by atoms with Crippen LogP contribution in [0.4, 0.5) is 0 Å². The van der Waals surface area contributed by atoms with E-state index in [-0.39, 0.29) is 0 Å². The Bertz CT molecular complexity index is 46.3. The lowest BCUT2D eigenvalue weighted by Gasteiger charge is -1.94. The molecule has 0 aromatic heterocycles. The molecule has 0 bridgehead atoms. The molecule has 0 atom stereocenters. The van der Waals surface area contributed by atoms with E-state index in [0.717, 1.165) is 17.1 Å². The van der Waals surface area contributed by atoms with Gasteiger partial charge in [-0.2, -0.15) is 0 Å². The van der Waals surface area contributed by atoms with Crippen LogP contribution in [-0.2, 0) is 9.16 Å². The van der Waals surface area contributed by atoms with Crippen molar-refractivity contribution < 1.29 is 9.16 Å². The van der Waals surface area contributed by atoms with Crippen molar-refractivity contribution in [3.05, 3.63) is 0 Å². The summed E-state index contributed by atoms with van der Waals surface area (Å²) < 4.78 is 9.49. The summed E-state index contributed by atoms with van der Waals surface area (Å²) in [6.07, 6.45) is 0. The molecule has 0 spiro atoms. The zero-order valence-electron chi connectivity index (χ0n) is 7.68. The molecule has 0 fully saturated rings. The summed E-state index contributed by atoms with van der Waals surface area (Å²) in [5.74, 6) is 0. The van der Waals surface area contributed by atoms with Crippen LogP contribution in [0.2, 0.25) is 0 Å².